The summed E-state index contributed by atoms with van der Waals surface area (Å²) in [4.78, 5) is 0. The van der Waals surface area contributed by atoms with E-state index >= 15 is 0 Å². The highest BCUT2D eigenvalue weighted by atomic mass is 16.7. The van der Waals surface area contributed by atoms with Gasteiger partial charge in [-0.2, -0.15) is 0 Å². The van der Waals surface area contributed by atoms with Gasteiger partial charge in [-0.3, -0.25) is 0 Å². The molecule has 1 aliphatic rings. The monoisotopic (exact) mass is 270 g/mol. The zero-order chi connectivity index (χ0) is 13.9. The van der Waals surface area contributed by atoms with Crippen molar-refractivity contribution in [3.63, 3.8) is 0 Å². The lowest BCUT2D eigenvalue weighted by molar-refractivity contribution is -0.190. The number of unbranched alkanes of at least 4 members (excludes halogenated alkanes) is 1. The van der Waals surface area contributed by atoms with Gasteiger partial charge in [0.15, 0.2) is 6.29 Å². The fraction of sp³-hybridized carbons (Fsp3) is 0.875. The molecule has 0 aromatic rings. The van der Waals surface area contributed by atoms with Gasteiger partial charge in [-0.25, -0.2) is 0 Å². The lowest BCUT2D eigenvalue weighted by atomic mass is 10.0. The van der Waals surface area contributed by atoms with Crippen LogP contribution in [0.15, 0.2) is 12.7 Å². The molecule has 3 nitrogen and oxygen atoms in total. The Balaban J connectivity index is 2.27. The van der Waals surface area contributed by atoms with E-state index in [0.717, 1.165) is 58.0 Å². The fourth-order valence-corrected chi connectivity index (χ4v) is 2.44. The molecule has 3 atom stereocenters. The number of ether oxygens (including phenoxy) is 2. The Hall–Kier alpha value is -0.380. The Morgan fingerprint density at radius 3 is 2.74 bits per heavy atom. The minimum Gasteiger partial charge on any atom is -0.393 e. The predicted octanol–water partition coefficient (Wildman–Crippen LogP) is 3.81. The van der Waals surface area contributed by atoms with E-state index in [1.54, 1.807) is 0 Å². The average molecular weight is 270 g/mol. The van der Waals surface area contributed by atoms with Crippen molar-refractivity contribution < 1.29 is 14.6 Å². The summed E-state index contributed by atoms with van der Waals surface area (Å²) in [5, 5.41) is 9.32. The van der Waals surface area contributed by atoms with Crippen LogP contribution in [0.5, 0.6) is 0 Å². The summed E-state index contributed by atoms with van der Waals surface area (Å²) in [6, 6.07) is 0. The average Bonchev–Trinajstić information content (AvgIpc) is 2.39. The predicted molar refractivity (Wildman–Crippen MR) is 78.0 cm³/mol. The number of rotatable bonds is 10. The minimum absolute atomic E-state index is 0.00553. The van der Waals surface area contributed by atoms with Gasteiger partial charge in [0.2, 0.25) is 0 Å². The molecule has 19 heavy (non-hydrogen) atoms. The van der Waals surface area contributed by atoms with Crippen LogP contribution in [-0.4, -0.2) is 30.2 Å². The van der Waals surface area contributed by atoms with E-state index in [0.29, 0.717) is 0 Å². The number of hydrogen-bond donors (Lipinski definition) is 1. The Morgan fingerprint density at radius 2 is 2.11 bits per heavy atom. The molecular weight excluding hydrogens is 240 g/mol. The normalized spacial score (nSPS) is 22.9. The van der Waals surface area contributed by atoms with Gasteiger partial charge in [0.25, 0.3) is 0 Å². The maximum Gasteiger partial charge on any atom is 0.157 e. The lowest BCUT2D eigenvalue weighted by Gasteiger charge is -2.28. The molecule has 0 amide bonds. The summed E-state index contributed by atoms with van der Waals surface area (Å²) in [5.74, 6) is 0. The molecule has 1 saturated heterocycles. The van der Waals surface area contributed by atoms with Crippen molar-refractivity contribution >= 4 is 0 Å². The number of hydrogen-bond acceptors (Lipinski definition) is 3. The van der Waals surface area contributed by atoms with Gasteiger partial charge in [0.1, 0.15) is 0 Å². The Kier molecular flexibility index (Phi) is 9.14. The molecular formula is C16H30O3. The lowest BCUT2D eigenvalue weighted by Crippen LogP contribution is -2.28. The van der Waals surface area contributed by atoms with Crippen molar-refractivity contribution in [2.75, 3.05) is 6.61 Å². The van der Waals surface area contributed by atoms with E-state index in [4.69, 9.17) is 9.47 Å². The maximum atomic E-state index is 9.32. The third-order valence-corrected chi connectivity index (χ3v) is 3.56. The van der Waals surface area contributed by atoms with Crippen LogP contribution in [0.25, 0.3) is 0 Å². The Bertz CT molecular complexity index is 222. The van der Waals surface area contributed by atoms with Gasteiger partial charge in [-0.05, 0) is 64.7 Å². The molecule has 0 saturated carbocycles. The number of aliphatic hydroxyl groups excluding tert-OH is 1. The molecule has 0 aromatic carbocycles. The minimum atomic E-state index is -0.209. The highest BCUT2D eigenvalue weighted by Gasteiger charge is 2.19. The van der Waals surface area contributed by atoms with Crippen LogP contribution < -0.4 is 0 Å². The van der Waals surface area contributed by atoms with Gasteiger partial charge < -0.3 is 14.6 Å². The third kappa shape index (κ3) is 8.40. The van der Waals surface area contributed by atoms with Crippen LogP contribution in [0.3, 0.4) is 0 Å². The fourth-order valence-electron chi connectivity index (χ4n) is 2.44. The summed E-state index contributed by atoms with van der Waals surface area (Å²) in [7, 11) is 0. The van der Waals surface area contributed by atoms with Gasteiger partial charge in [0.05, 0.1) is 12.2 Å². The Labute approximate surface area is 118 Å². The van der Waals surface area contributed by atoms with E-state index in [1.165, 1.54) is 6.42 Å². The van der Waals surface area contributed by atoms with Crippen molar-refractivity contribution in [3.05, 3.63) is 12.7 Å². The van der Waals surface area contributed by atoms with Gasteiger partial charge in [0, 0.05) is 6.61 Å². The molecule has 0 bridgehead atoms. The van der Waals surface area contributed by atoms with Crippen LogP contribution in [0, 0.1) is 0 Å². The molecule has 0 aromatic heterocycles. The van der Waals surface area contributed by atoms with Gasteiger partial charge in [-0.15, -0.1) is 6.58 Å². The summed E-state index contributed by atoms with van der Waals surface area (Å²) >= 11 is 0. The van der Waals surface area contributed by atoms with E-state index in [1.807, 2.05) is 13.0 Å². The zero-order valence-electron chi connectivity index (χ0n) is 12.4. The highest BCUT2D eigenvalue weighted by Crippen LogP contribution is 2.21. The first-order valence-corrected chi connectivity index (χ1v) is 7.78. The second-order valence-electron chi connectivity index (χ2n) is 5.55. The van der Waals surface area contributed by atoms with Crippen molar-refractivity contribution in [2.24, 2.45) is 0 Å². The van der Waals surface area contributed by atoms with Gasteiger partial charge in [-0.1, -0.05) is 6.08 Å². The molecule has 0 radical (unpaired) electrons. The summed E-state index contributed by atoms with van der Waals surface area (Å²) < 4.78 is 11.7. The summed E-state index contributed by atoms with van der Waals surface area (Å²) in [6.07, 6.45) is 11.5. The SMILES string of the molecule is C=CCCCC(CCC[C@@H](C)O)OC1CCCCO1. The molecule has 0 aliphatic carbocycles. The zero-order valence-corrected chi connectivity index (χ0v) is 12.4. The molecule has 3 heteroatoms. The molecule has 1 N–H and O–H groups in total. The van der Waals surface area contributed by atoms with Crippen LogP contribution >= 0.6 is 0 Å². The molecule has 1 heterocycles. The molecule has 1 aliphatic heterocycles. The molecule has 0 spiro atoms. The van der Waals surface area contributed by atoms with E-state index in [2.05, 4.69) is 6.58 Å². The molecule has 112 valence electrons. The smallest absolute Gasteiger partial charge is 0.157 e. The van der Waals surface area contributed by atoms with E-state index in [-0.39, 0.29) is 18.5 Å². The quantitative estimate of drug-likeness (QED) is 0.484. The summed E-state index contributed by atoms with van der Waals surface area (Å²) in [5.41, 5.74) is 0. The molecule has 2 unspecified atom stereocenters. The largest absolute Gasteiger partial charge is 0.393 e. The van der Waals surface area contributed by atoms with Crippen LogP contribution in [0.2, 0.25) is 0 Å². The second kappa shape index (κ2) is 10.4. The Morgan fingerprint density at radius 1 is 1.32 bits per heavy atom. The standard InChI is InChI=1S/C16H30O3/c1-3-4-5-10-15(11-8-9-14(2)17)19-16-12-6-7-13-18-16/h3,14-17H,1,4-13H2,2H3/t14-,15?,16?/m1/s1. The second-order valence-corrected chi connectivity index (χ2v) is 5.55. The third-order valence-electron chi connectivity index (χ3n) is 3.56. The summed E-state index contributed by atoms with van der Waals surface area (Å²) in [6.45, 7) is 6.44. The molecule has 1 fully saturated rings. The first-order valence-electron chi connectivity index (χ1n) is 7.78. The molecule has 1 rings (SSSR count). The topological polar surface area (TPSA) is 38.7 Å². The first-order chi connectivity index (χ1) is 9.22. The van der Waals surface area contributed by atoms with Crippen molar-refractivity contribution in [1.29, 1.82) is 0 Å². The maximum absolute atomic E-state index is 9.32. The van der Waals surface area contributed by atoms with E-state index < -0.39 is 0 Å². The van der Waals surface area contributed by atoms with Crippen LogP contribution in [-0.2, 0) is 9.47 Å². The van der Waals surface area contributed by atoms with E-state index in [9.17, 15) is 5.11 Å². The van der Waals surface area contributed by atoms with Gasteiger partial charge >= 0.3 is 0 Å². The number of aliphatic hydroxyl groups is 1. The van der Waals surface area contributed by atoms with Crippen molar-refractivity contribution in [2.45, 2.75) is 83.2 Å². The van der Waals surface area contributed by atoms with Crippen LogP contribution in [0.1, 0.15) is 64.7 Å². The van der Waals surface area contributed by atoms with Crippen LogP contribution in [0.4, 0.5) is 0 Å². The first kappa shape index (κ1) is 16.7. The number of allylic oxidation sites excluding steroid dienone is 1. The highest BCUT2D eigenvalue weighted by molar-refractivity contribution is 4.69. The van der Waals surface area contributed by atoms with Crippen molar-refractivity contribution in [1.82, 2.24) is 0 Å². The van der Waals surface area contributed by atoms with Crippen molar-refractivity contribution in [3.8, 4) is 0 Å².